The Kier molecular flexibility index (Phi) is 5.96. The van der Waals surface area contributed by atoms with E-state index in [0.717, 1.165) is 0 Å². The fourth-order valence-electron chi connectivity index (χ4n) is 4.91. The first-order valence-electron chi connectivity index (χ1n) is 11.7. The molecule has 0 aliphatic carbocycles. The molecule has 2 heterocycles. The zero-order valence-electron chi connectivity index (χ0n) is 19.6. The van der Waals surface area contributed by atoms with E-state index in [9.17, 15) is 24.6 Å². The summed E-state index contributed by atoms with van der Waals surface area (Å²) in [5.41, 5.74) is 12.1. The van der Waals surface area contributed by atoms with E-state index in [2.05, 4.69) is 5.32 Å². The van der Waals surface area contributed by atoms with Crippen LogP contribution < -0.4 is 21.5 Å². The van der Waals surface area contributed by atoms with E-state index in [4.69, 9.17) is 20.9 Å². The molecule has 0 saturated heterocycles. The molecule has 1 spiro atoms. The number of amides is 1. The molecule has 190 valence electrons. The number of anilines is 1. The van der Waals surface area contributed by atoms with Crippen molar-refractivity contribution in [3.05, 3.63) is 76.9 Å². The number of hydrogen-bond acceptors (Lipinski definition) is 9. The maximum Gasteiger partial charge on any atom is 0.340 e. The maximum absolute atomic E-state index is 13.2. The molecule has 10 nitrogen and oxygen atoms in total. The number of primary amides is 1. The van der Waals surface area contributed by atoms with Crippen molar-refractivity contribution in [3.8, 4) is 23.0 Å². The summed E-state index contributed by atoms with van der Waals surface area (Å²) in [6.45, 7) is 0. The highest BCUT2D eigenvalue weighted by molar-refractivity contribution is 5.98. The molecule has 0 aromatic heterocycles. The minimum Gasteiger partial charge on any atom is -0.508 e. The molecule has 3 aromatic carbocycles. The van der Waals surface area contributed by atoms with Gasteiger partial charge in [0.25, 0.3) is 0 Å². The Hall–Kier alpha value is -4.57. The van der Waals surface area contributed by atoms with Crippen LogP contribution in [0.25, 0.3) is 0 Å². The smallest absolute Gasteiger partial charge is 0.340 e. The molecule has 1 amide bonds. The minimum atomic E-state index is -1.37. The van der Waals surface area contributed by atoms with Crippen molar-refractivity contribution < 1.29 is 34.1 Å². The Morgan fingerprint density at radius 3 is 2.19 bits per heavy atom. The van der Waals surface area contributed by atoms with Gasteiger partial charge in [-0.05, 0) is 55.7 Å². The molecule has 2 aliphatic heterocycles. The number of esters is 1. The summed E-state index contributed by atoms with van der Waals surface area (Å²) >= 11 is 0. The molecule has 2 atom stereocenters. The number of phenols is 2. The van der Waals surface area contributed by atoms with Crippen LogP contribution in [0.4, 0.5) is 5.69 Å². The summed E-state index contributed by atoms with van der Waals surface area (Å²) in [5, 5.41) is 23.1. The quantitative estimate of drug-likeness (QED) is 0.229. The Bertz CT molecular complexity index is 1370. The van der Waals surface area contributed by atoms with Gasteiger partial charge in [0.2, 0.25) is 5.91 Å². The van der Waals surface area contributed by atoms with Crippen molar-refractivity contribution in [3.63, 3.8) is 0 Å². The van der Waals surface area contributed by atoms with Crippen molar-refractivity contribution in [2.45, 2.75) is 36.9 Å². The Balaban J connectivity index is 1.54. The number of fused-ring (bicyclic) bond motifs is 6. The van der Waals surface area contributed by atoms with Crippen LogP contribution in [0.3, 0.4) is 0 Å². The van der Waals surface area contributed by atoms with E-state index in [-0.39, 0.29) is 28.6 Å². The third-order valence-corrected chi connectivity index (χ3v) is 6.66. The monoisotopic (exact) mass is 503 g/mol. The van der Waals surface area contributed by atoms with Gasteiger partial charge in [0.05, 0.1) is 11.6 Å². The first-order valence-corrected chi connectivity index (χ1v) is 11.7. The number of phenolic OH excluding ortho intramolecular Hbond substituents is 2. The van der Waals surface area contributed by atoms with Gasteiger partial charge in [0.1, 0.15) is 35.3 Å². The molecular formula is C27H25N3O7. The standard InChI is InChI=1S/C27H25N3O7/c28-14(13-31)2-1-3-22(25(29)34)30-15-4-7-19-18(10-15)26(35)37-27(19)20-8-5-16(32)11-23(20)36-24-12-17(33)6-9-21(24)27/h4-14,22,30,32-33H,1-3,28H2,(H2,29,34)/t14?,22-/m0/s1. The first kappa shape index (κ1) is 24.1. The second kappa shape index (κ2) is 9.14. The summed E-state index contributed by atoms with van der Waals surface area (Å²) in [5.74, 6) is -0.676. The Labute approximate surface area is 211 Å². The molecule has 3 aromatic rings. The van der Waals surface area contributed by atoms with Crippen LogP contribution in [0.15, 0.2) is 54.6 Å². The second-order valence-corrected chi connectivity index (χ2v) is 9.12. The van der Waals surface area contributed by atoms with Gasteiger partial charge >= 0.3 is 5.97 Å². The van der Waals surface area contributed by atoms with Crippen LogP contribution in [-0.2, 0) is 19.9 Å². The lowest BCUT2D eigenvalue weighted by molar-refractivity contribution is -0.118. The Morgan fingerprint density at radius 2 is 1.59 bits per heavy atom. The zero-order valence-corrected chi connectivity index (χ0v) is 19.6. The lowest BCUT2D eigenvalue weighted by Gasteiger charge is -2.36. The lowest BCUT2D eigenvalue weighted by atomic mass is 9.77. The highest BCUT2D eigenvalue weighted by atomic mass is 16.6. The number of rotatable bonds is 8. The molecule has 1 unspecified atom stereocenters. The predicted octanol–water partition coefficient (Wildman–Crippen LogP) is 2.63. The van der Waals surface area contributed by atoms with Gasteiger partial charge in [0, 0.05) is 34.5 Å². The number of aldehydes is 1. The van der Waals surface area contributed by atoms with Crippen molar-refractivity contribution in [2.24, 2.45) is 11.5 Å². The van der Waals surface area contributed by atoms with Gasteiger partial charge in [-0.15, -0.1) is 0 Å². The SMILES string of the molecule is NC(=O)[C@H](CCCC(N)C=O)Nc1ccc2c(c1)C(=O)OC21c2ccc(O)cc2Oc2cc(O)ccc21. The Morgan fingerprint density at radius 1 is 0.973 bits per heavy atom. The lowest BCUT2D eigenvalue weighted by Crippen LogP contribution is -2.36. The molecule has 0 bridgehead atoms. The van der Waals surface area contributed by atoms with Crippen LogP contribution in [0.1, 0.15) is 46.3 Å². The molecule has 7 N–H and O–H groups in total. The van der Waals surface area contributed by atoms with Crippen molar-refractivity contribution in [2.75, 3.05) is 5.32 Å². The van der Waals surface area contributed by atoms with Crippen LogP contribution in [-0.4, -0.2) is 40.5 Å². The largest absolute Gasteiger partial charge is 0.508 e. The van der Waals surface area contributed by atoms with Crippen molar-refractivity contribution >= 4 is 23.9 Å². The van der Waals surface area contributed by atoms with Gasteiger partial charge < -0.3 is 41.3 Å². The van der Waals surface area contributed by atoms with E-state index in [1.165, 1.54) is 24.3 Å². The molecular weight excluding hydrogens is 478 g/mol. The minimum absolute atomic E-state index is 0.0341. The third-order valence-electron chi connectivity index (χ3n) is 6.66. The first-order chi connectivity index (χ1) is 17.7. The second-order valence-electron chi connectivity index (χ2n) is 9.12. The van der Waals surface area contributed by atoms with Gasteiger partial charge in [-0.2, -0.15) is 0 Å². The number of carbonyl (C=O) groups is 3. The molecule has 37 heavy (non-hydrogen) atoms. The third kappa shape index (κ3) is 4.11. The number of carbonyl (C=O) groups excluding carboxylic acids is 3. The number of nitrogens with two attached hydrogens (primary N) is 2. The molecule has 0 radical (unpaired) electrons. The fraction of sp³-hybridized carbons (Fsp3) is 0.222. The molecule has 0 fully saturated rings. The summed E-state index contributed by atoms with van der Waals surface area (Å²) < 4.78 is 12.0. The molecule has 0 saturated carbocycles. The van der Waals surface area contributed by atoms with E-state index in [1.807, 2.05) is 0 Å². The number of nitrogens with one attached hydrogen (secondary N) is 1. The zero-order chi connectivity index (χ0) is 26.3. The number of benzene rings is 3. The summed E-state index contributed by atoms with van der Waals surface area (Å²) in [6.07, 6.45) is 1.93. The van der Waals surface area contributed by atoms with E-state index in [0.29, 0.717) is 47.9 Å². The molecule has 2 aliphatic rings. The van der Waals surface area contributed by atoms with Crippen LogP contribution in [0, 0.1) is 0 Å². The van der Waals surface area contributed by atoms with Gasteiger partial charge in [0.15, 0.2) is 5.60 Å². The molecule has 10 heteroatoms. The van der Waals surface area contributed by atoms with Crippen molar-refractivity contribution in [1.82, 2.24) is 0 Å². The van der Waals surface area contributed by atoms with Crippen LogP contribution in [0.2, 0.25) is 0 Å². The van der Waals surface area contributed by atoms with E-state index >= 15 is 0 Å². The van der Waals surface area contributed by atoms with Gasteiger partial charge in [-0.25, -0.2) is 4.79 Å². The predicted molar refractivity (Wildman–Crippen MR) is 133 cm³/mol. The van der Waals surface area contributed by atoms with Crippen molar-refractivity contribution in [1.29, 1.82) is 0 Å². The summed E-state index contributed by atoms with van der Waals surface area (Å²) in [4.78, 5) is 36.0. The van der Waals surface area contributed by atoms with Gasteiger partial charge in [-0.3, -0.25) is 4.79 Å². The maximum atomic E-state index is 13.2. The number of hydrogen-bond donors (Lipinski definition) is 5. The topological polar surface area (TPSA) is 174 Å². The van der Waals surface area contributed by atoms with E-state index < -0.39 is 29.6 Å². The highest BCUT2D eigenvalue weighted by Gasteiger charge is 2.53. The van der Waals surface area contributed by atoms with Crippen LogP contribution in [0.5, 0.6) is 23.0 Å². The number of ether oxygens (including phenoxy) is 2. The average molecular weight is 504 g/mol. The normalized spacial score (nSPS) is 16.0. The highest BCUT2D eigenvalue weighted by Crippen LogP contribution is 2.57. The summed E-state index contributed by atoms with van der Waals surface area (Å²) in [6, 6.07) is 12.7. The van der Waals surface area contributed by atoms with Gasteiger partial charge in [-0.1, -0.05) is 6.07 Å². The molecule has 5 rings (SSSR count). The average Bonchev–Trinajstić information content (AvgIpc) is 3.14. The van der Waals surface area contributed by atoms with Crippen LogP contribution >= 0.6 is 0 Å². The van der Waals surface area contributed by atoms with E-state index in [1.54, 1.807) is 30.3 Å². The summed E-state index contributed by atoms with van der Waals surface area (Å²) in [7, 11) is 0. The fourth-order valence-corrected chi connectivity index (χ4v) is 4.91. The number of aromatic hydroxyl groups is 2.